The third-order valence-electron chi connectivity index (χ3n) is 4.83. The molecule has 1 saturated heterocycles. The molecule has 0 aromatic heterocycles. The number of rotatable bonds is 4. The zero-order valence-electron chi connectivity index (χ0n) is 13.0. The first-order valence-electron chi connectivity index (χ1n) is 8.38. The first-order chi connectivity index (χ1) is 10.7. The smallest absolute Gasteiger partial charge is 0.225 e. The van der Waals surface area contributed by atoms with Gasteiger partial charge in [0, 0.05) is 24.0 Å². The molecule has 1 heterocycles. The fourth-order valence-electron chi connectivity index (χ4n) is 3.53. The van der Waals surface area contributed by atoms with Crippen molar-refractivity contribution in [1.82, 2.24) is 4.90 Å². The topological polar surface area (TPSA) is 29.5 Å². The summed E-state index contributed by atoms with van der Waals surface area (Å²) in [4.78, 5) is 14.5. The monoisotopic (exact) mass is 321 g/mol. The maximum absolute atomic E-state index is 12.5. The van der Waals surface area contributed by atoms with E-state index in [1.54, 1.807) is 0 Å². The van der Waals surface area contributed by atoms with Crippen molar-refractivity contribution < 1.29 is 9.53 Å². The first-order valence-corrected chi connectivity index (χ1v) is 8.75. The van der Waals surface area contributed by atoms with E-state index >= 15 is 0 Å². The van der Waals surface area contributed by atoms with Crippen LogP contribution >= 0.6 is 11.6 Å². The predicted molar refractivity (Wildman–Crippen MR) is 87.8 cm³/mol. The molecule has 1 amide bonds. The minimum absolute atomic E-state index is 0.135. The highest BCUT2D eigenvalue weighted by Gasteiger charge is 2.30. The Kier molecular flexibility index (Phi) is 5.37. The zero-order chi connectivity index (χ0) is 15.4. The number of ether oxygens (including phenoxy) is 1. The minimum atomic E-state index is 0.135. The van der Waals surface area contributed by atoms with Crippen LogP contribution in [0.2, 0.25) is 5.02 Å². The molecule has 1 aliphatic carbocycles. The molecule has 0 radical (unpaired) electrons. The Morgan fingerprint density at radius 3 is 2.73 bits per heavy atom. The molecule has 2 aliphatic rings. The summed E-state index contributed by atoms with van der Waals surface area (Å²) in [7, 11) is 0. The Morgan fingerprint density at radius 1 is 1.18 bits per heavy atom. The summed E-state index contributed by atoms with van der Waals surface area (Å²) in [6.45, 7) is 2.15. The molecule has 1 aliphatic heterocycles. The normalized spacial score (nSPS) is 23.0. The van der Waals surface area contributed by atoms with Gasteiger partial charge in [0.2, 0.25) is 5.91 Å². The summed E-state index contributed by atoms with van der Waals surface area (Å²) in [6.07, 6.45) is 6.74. The number of hydrogen-bond donors (Lipinski definition) is 0. The van der Waals surface area contributed by atoms with Gasteiger partial charge in [0.15, 0.2) is 0 Å². The standard InChI is InChI=1S/C18H24ClNO2/c19-17-10-4-3-8-15(17)13-22-16-9-5-11-20(12-16)18(21)14-6-1-2-7-14/h3-4,8,10,14,16H,1-2,5-7,9,11-13H2. The molecule has 3 nitrogen and oxygen atoms in total. The zero-order valence-corrected chi connectivity index (χ0v) is 13.7. The SMILES string of the molecule is O=C(C1CCCC1)N1CCCC(OCc2ccccc2Cl)C1. The second-order valence-electron chi connectivity index (χ2n) is 6.43. The predicted octanol–water partition coefficient (Wildman–Crippen LogP) is 4.04. The van der Waals surface area contributed by atoms with Crippen LogP contribution in [0.15, 0.2) is 24.3 Å². The average Bonchev–Trinajstić information content (AvgIpc) is 3.08. The summed E-state index contributed by atoms with van der Waals surface area (Å²) in [6, 6.07) is 7.78. The fourth-order valence-corrected chi connectivity index (χ4v) is 3.72. The van der Waals surface area contributed by atoms with Gasteiger partial charge in [0.25, 0.3) is 0 Å². The van der Waals surface area contributed by atoms with Gasteiger partial charge in [-0.3, -0.25) is 4.79 Å². The number of halogens is 1. The van der Waals surface area contributed by atoms with Crippen molar-refractivity contribution in [2.45, 2.75) is 51.2 Å². The van der Waals surface area contributed by atoms with E-state index in [0.29, 0.717) is 12.5 Å². The van der Waals surface area contributed by atoms with E-state index in [1.807, 2.05) is 29.2 Å². The Labute approximate surface area is 137 Å². The fraction of sp³-hybridized carbons (Fsp3) is 0.611. The van der Waals surface area contributed by atoms with E-state index < -0.39 is 0 Å². The molecule has 2 fully saturated rings. The summed E-state index contributed by atoms with van der Waals surface area (Å²) in [5, 5.41) is 0.747. The Bertz CT molecular complexity index is 514. The number of likely N-dealkylation sites (tertiary alicyclic amines) is 1. The molecule has 0 N–H and O–H groups in total. The highest BCUT2D eigenvalue weighted by atomic mass is 35.5. The Morgan fingerprint density at radius 2 is 1.95 bits per heavy atom. The number of benzene rings is 1. The second-order valence-corrected chi connectivity index (χ2v) is 6.84. The largest absolute Gasteiger partial charge is 0.372 e. The van der Waals surface area contributed by atoms with Gasteiger partial charge < -0.3 is 9.64 Å². The highest BCUT2D eigenvalue weighted by molar-refractivity contribution is 6.31. The van der Waals surface area contributed by atoms with Crippen molar-refractivity contribution in [1.29, 1.82) is 0 Å². The first kappa shape index (κ1) is 15.8. The second kappa shape index (κ2) is 7.47. The van der Waals surface area contributed by atoms with Gasteiger partial charge in [-0.05, 0) is 37.3 Å². The van der Waals surface area contributed by atoms with Crippen LogP contribution in [-0.4, -0.2) is 30.0 Å². The van der Waals surface area contributed by atoms with Crippen molar-refractivity contribution in [3.05, 3.63) is 34.9 Å². The molecule has 1 aromatic carbocycles. The summed E-state index contributed by atoms with van der Waals surface area (Å²) in [5.41, 5.74) is 1.02. The van der Waals surface area contributed by atoms with Crippen LogP contribution in [0.3, 0.4) is 0 Å². The van der Waals surface area contributed by atoms with Crippen LogP contribution in [0.4, 0.5) is 0 Å². The number of piperidine rings is 1. The lowest BCUT2D eigenvalue weighted by molar-refractivity contribution is -0.139. The average molecular weight is 322 g/mol. The van der Waals surface area contributed by atoms with E-state index in [9.17, 15) is 4.79 Å². The maximum Gasteiger partial charge on any atom is 0.225 e. The lowest BCUT2D eigenvalue weighted by Gasteiger charge is -2.34. The molecule has 1 aromatic rings. The van der Waals surface area contributed by atoms with Gasteiger partial charge in [0.05, 0.1) is 12.7 Å². The van der Waals surface area contributed by atoms with Gasteiger partial charge in [-0.2, -0.15) is 0 Å². The molecule has 0 bridgehead atoms. The molecule has 4 heteroatoms. The van der Waals surface area contributed by atoms with E-state index in [0.717, 1.165) is 49.4 Å². The molecule has 22 heavy (non-hydrogen) atoms. The van der Waals surface area contributed by atoms with Crippen molar-refractivity contribution in [3.63, 3.8) is 0 Å². The summed E-state index contributed by atoms with van der Waals surface area (Å²) < 4.78 is 6.01. The van der Waals surface area contributed by atoms with E-state index in [1.165, 1.54) is 12.8 Å². The lowest BCUT2D eigenvalue weighted by atomic mass is 10.0. The van der Waals surface area contributed by atoms with Crippen LogP contribution in [0, 0.1) is 5.92 Å². The number of carbonyl (C=O) groups excluding carboxylic acids is 1. The van der Waals surface area contributed by atoms with E-state index in [4.69, 9.17) is 16.3 Å². The van der Waals surface area contributed by atoms with Gasteiger partial charge in [-0.25, -0.2) is 0 Å². The Hall–Kier alpha value is -1.06. The van der Waals surface area contributed by atoms with Crippen molar-refractivity contribution in [2.75, 3.05) is 13.1 Å². The minimum Gasteiger partial charge on any atom is -0.372 e. The van der Waals surface area contributed by atoms with Gasteiger partial charge >= 0.3 is 0 Å². The Balaban J connectivity index is 1.52. The van der Waals surface area contributed by atoms with Crippen LogP contribution in [0.5, 0.6) is 0 Å². The third kappa shape index (κ3) is 3.82. The van der Waals surface area contributed by atoms with Crippen LogP contribution in [-0.2, 0) is 16.1 Å². The highest BCUT2D eigenvalue weighted by Crippen LogP contribution is 2.28. The van der Waals surface area contributed by atoms with Crippen LogP contribution in [0.25, 0.3) is 0 Å². The van der Waals surface area contributed by atoms with Crippen molar-refractivity contribution in [2.24, 2.45) is 5.92 Å². The molecule has 120 valence electrons. The number of amides is 1. The molecule has 3 rings (SSSR count). The maximum atomic E-state index is 12.5. The molecular weight excluding hydrogens is 298 g/mol. The van der Waals surface area contributed by atoms with Crippen molar-refractivity contribution >= 4 is 17.5 Å². The van der Waals surface area contributed by atoms with Crippen LogP contribution in [0.1, 0.15) is 44.1 Å². The molecule has 1 unspecified atom stereocenters. The molecule has 1 atom stereocenters. The van der Waals surface area contributed by atoms with Crippen LogP contribution < -0.4 is 0 Å². The van der Waals surface area contributed by atoms with Crippen molar-refractivity contribution in [3.8, 4) is 0 Å². The van der Waals surface area contributed by atoms with Gasteiger partial charge in [0.1, 0.15) is 0 Å². The number of hydrogen-bond acceptors (Lipinski definition) is 2. The van der Waals surface area contributed by atoms with Gasteiger partial charge in [-0.15, -0.1) is 0 Å². The van der Waals surface area contributed by atoms with E-state index in [-0.39, 0.29) is 12.0 Å². The summed E-state index contributed by atoms with van der Waals surface area (Å²) >= 11 is 6.16. The third-order valence-corrected chi connectivity index (χ3v) is 5.20. The molecular formula is C18H24ClNO2. The number of nitrogens with zero attached hydrogens (tertiary/aromatic N) is 1. The molecule has 0 spiro atoms. The summed E-state index contributed by atoms with van der Waals surface area (Å²) in [5.74, 6) is 0.617. The quantitative estimate of drug-likeness (QED) is 0.837. The van der Waals surface area contributed by atoms with Gasteiger partial charge in [-0.1, -0.05) is 42.6 Å². The number of carbonyl (C=O) groups is 1. The lowest BCUT2D eigenvalue weighted by Crippen LogP contribution is -2.45. The molecule has 1 saturated carbocycles. The van der Waals surface area contributed by atoms with E-state index in [2.05, 4.69) is 0 Å².